The van der Waals surface area contributed by atoms with Gasteiger partial charge >= 0.3 is 5.97 Å². The van der Waals surface area contributed by atoms with E-state index in [4.69, 9.17) is 16.3 Å². The molecule has 0 radical (unpaired) electrons. The van der Waals surface area contributed by atoms with Crippen molar-refractivity contribution in [3.8, 4) is 0 Å². The highest BCUT2D eigenvalue weighted by Gasteiger charge is 2.33. The summed E-state index contributed by atoms with van der Waals surface area (Å²) in [5.41, 5.74) is 0.00403. The van der Waals surface area contributed by atoms with Crippen molar-refractivity contribution in [3.63, 3.8) is 0 Å². The molecule has 1 unspecified atom stereocenters. The van der Waals surface area contributed by atoms with Crippen molar-refractivity contribution in [1.29, 1.82) is 0 Å². The number of hydrogen-bond donors (Lipinski definition) is 0. The van der Waals surface area contributed by atoms with Crippen molar-refractivity contribution in [3.05, 3.63) is 11.1 Å². The van der Waals surface area contributed by atoms with E-state index < -0.39 is 0 Å². The Hall–Kier alpha value is -0.500. The molecule has 0 saturated heterocycles. The predicted octanol–water partition coefficient (Wildman–Crippen LogP) is 2.86. The first kappa shape index (κ1) is 10.6. The number of allylic oxidation sites excluding steroid dienone is 1. The van der Waals surface area contributed by atoms with Gasteiger partial charge in [0.15, 0.2) is 0 Å². The van der Waals surface area contributed by atoms with Crippen LogP contribution in [0, 0.1) is 5.41 Å². The van der Waals surface area contributed by atoms with Gasteiger partial charge in [0.25, 0.3) is 0 Å². The molecule has 1 aliphatic rings. The molecule has 0 heterocycles. The number of halogens is 1. The third kappa shape index (κ3) is 2.73. The van der Waals surface area contributed by atoms with E-state index in [0.717, 1.165) is 17.9 Å². The first-order chi connectivity index (χ1) is 5.92. The summed E-state index contributed by atoms with van der Waals surface area (Å²) >= 11 is 5.89. The number of esters is 1. The van der Waals surface area contributed by atoms with Crippen LogP contribution in [0.2, 0.25) is 0 Å². The molecule has 0 aliphatic heterocycles. The highest BCUT2D eigenvalue weighted by molar-refractivity contribution is 6.29. The standard InChI is InChI=1S/C10H15ClO2/c1-7(12)13-9-6-8(11)4-5-10(9,2)3/h6,9H,4-5H2,1-3H3. The molecule has 74 valence electrons. The summed E-state index contributed by atoms with van der Waals surface area (Å²) < 4.78 is 5.18. The number of rotatable bonds is 1. The van der Waals surface area contributed by atoms with Crippen LogP contribution in [0.25, 0.3) is 0 Å². The summed E-state index contributed by atoms with van der Waals surface area (Å²) in [7, 11) is 0. The Kier molecular flexibility index (Phi) is 3.01. The van der Waals surface area contributed by atoms with Gasteiger partial charge in [-0.2, -0.15) is 0 Å². The fraction of sp³-hybridized carbons (Fsp3) is 0.700. The Morgan fingerprint density at radius 1 is 1.69 bits per heavy atom. The molecule has 0 N–H and O–H groups in total. The molecule has 0 fully saturated rings. The SMILES string of the molecule is CC(=O)OC1C=C(Cl)CCC1(C)C. The molecule has 0 aromatic carbocycles. The number of carbonyl (C=O) groups excluding carboxylic acids is 1. The van der Waals surface area contributed by atoms with Gasteiger partial charge in [0.1, 0.15) is 6.10 Å². The molecule has 3 heteroatoms. The fourth-order valence-corrected chi connectivity index (χ4v) is 1.64. The number of carbonyl (C=O) groups is 1. The summed E-state index contributed by atoms with van der Waals surface area (Å²) in [6.07, 6.45) is 3.50. The first-order valence-electron chi connectivity index (χ1n) is 4.45. The average molecular weight is 203 g/mol. The Labute approximate surface area is 83.9 Å². The first-order valence-corrected chi connectivity index (χ1v) is 4.83. The predicted molar refractivity (Wildman–Crippen MR) is 52.5 cm³/mol. The zero-order valence-electron chi connectivity index (χ0n) is 8.26. The summed E-state index contributed by atoms with van der Waals surface area (Å²) in [6, 6.07) is 0. The Bertz CT molecular complexity index is 243. The van der Waals surface area contributed by atoms with Crippen LogP contribution in [0.15, 0.2) is 11.1 Å². The summed E-state index contributed by atoms with van der Waals surface area (Å²) in [6.45, 7) is 5.59. The highest BCUT2D eigenvalue weighted by Crippen LogP contribution is 2.37. The van der Waals surface area contributed by atoms with E-state index in [-0.39, 0.29) is 17.5 Å². The lowest BCUT2D eigenvalue weighted by Gasteiger charge is -2.35. The van der Waals surface area contributed by atoms with Gasteiger partial charge in [-0.1, -0.05) is 25.4 Å². The fourth-order valence-electron chi connectivity index (χ4n) is 1.43. The lowest BCUT2D eigenvalue weighted by atomic mass is 9.78. The lowest BCUT2D eigenvalue weighted by molar-refractivity contribution is -0.149. The van der Waals surface area contributed by atoms with E-state index in [9.17, 15) is 4.79 Å². The van der Waals surface area contributed by atoms with Crippen LogP contribution in [0.3, 0.4) is 0 Å². The van der Waals surface area contributed by atoms with E-state index in [1.165, 1.54) is 6.92 Å². The van der Waals surface area contributed by atoms with Crippen LogP contribution in [-0.2, 0) is 9.53 Å². The normalized spacial score (nSPS) is 26.5. The molecule has 1 rings (SSSR count). The third-order valence-corrected chi connectivity index (χ3v) is 2.72. The van der Waals surface area contributed by atoms with Crippen LogP contribution >= 0.6 is 11.6 Å². The monoisotopic (exact) mass is 202 g/mol. The van der Waals surface area contributed by atoms with E-state index in [2.05, 4.69) is 13.8 Å². The molecule has 0 aromatic rings. The zero-order chi connectivity index (χ0) is 10.1. The Morgan fingerprint density at radius 3 is 2.85 bits per heavy atom. The summed E-state index contributed by atoms with van der Waals surface area (Å²) in [5, 5.41) is 0.797. The van der Waals surface area contributed by atoms with Crippen LogP contribution < -0.4 is 0 Å². The molecule has 1 aliphatic carbocycles. The van der Waals surface area contributed by atoms with Crippen molar-refractivity contribution in [2.45, 2.75) is 39.7 Å². The third-order valence-electron chi connectivity index (χ3n) is 2.40. The van der Waals surface area contributed by atoms with Gasteiger partial charge < -0.3 is 4.74 Å². The summed E-state index contributed by atoms with van der Waals surface area (Å²) in [5.74, 6) is -0.249. The second-order valence-corrected chi connectivity index (χ2v) is 4.62. The van der Waals surface area contributed by atoms with Gasteiger partial charge in [0, 0.05) is 17.4 Å². The molecule has 0 spiro atoms. The van der Waals surface area contributed by atoms with Gasteiger partial charge in [-0.15, -0.1) is 0 Å². The molecular weight excluding hydrogens is 188 g/mol. The molecule has 0 aromatic heterocycles. The van der Waals surface area contributed by atoms with E-state index in [0.29, 0.717) is 0 Å². The molecule has 2 nitrogen and oxygen atoms in total. The van der Waals surface area contributed by atoms with E-state index in [1.807, 2.05) is 6.08 Å². The smallest absolute Gasteiger partial charge is 0.303 e. The van der Waals surface area contributed by atoms with Crippen molar-refractivity contribution in [2.24, 2.45) is 5.41 Å². The van der Waals surface area contributed by atoms with E-state index in [1.54, 1.807) is 0 Å². The quantitative estimate of drug-likeness (QED) is 0.612. The zero-order valence-corrected chi connectivity index (χ0v) is 9.02. The van der Waals surface area contributed by atoms with Crippen molar-refractivity contribution in [1.82, 2.24) is 0 Å². The van der Waals surface area contributed by atoms with Gasteiger partial charge in [-0.05, 0) is 18.9 Å². The average Bonchev–Trinajstić information content (AvgIpc) is 1.97. The van der Waals surface area contributed by atoms with Crippen molar-refractivity contribution >= 4 is 17.6 Å². The topological polar surface area (TPSA) is 26.3 Å². The van der Waals surface area contributed by atoms with Crippen LogP contribution in [0.4, 0.5) is 0 Å². The highest BCUT2D eigenvalue weighted by atomic mass is 35.5. The largest absolute Gasteiger partial charge is 0.458 e. The number of hydrogen-bond acceptors (Lipinski definition) is 2. The Morgan fingerprint density at radius 2 is 2.31 bits per heavy atom. The molecular formula is C10H15ClO2. The molecule has 1 atom stereocenters. The van der Waals surface area contributed by atoms with Crippen LogP contribution in [-0.4, -0.2) is 12.1 Å². The van der Waals surface area contributed by atoms with Gasteiger partial charge in [-0.3, -0.25) is 4.79 Å². The van der Waals surface area contributed by atoms with Gasteiger partial charge in [0.05, 0.1) is 0 Å². The minimum Gasteiger partial charge on any atom is -0.458 e. The maximum atomic E-state index is 10.8. The van der Waals surface area contributed by atoms with Gasteiger partial charge in [0.2, 0.25) is 0 Å². The van der Waals surface area contributed by atoms with Crippen LogP contribution in [0.1, 0.15) is 33.6 Å². The van der Waals surface area contributed by atoms with Crippen molar-refractivity contribution in [2.75, 3.05) is 0 Å². The molecule has 13 heavy (non-hydrogen) atoms. The minimum absolute atomic E-state index is 0.00403. The maximum absolute atomic E-state index is 10.8. The summed E-state index contributed by atoms with van der Waals surface area (Å²) in [4.78, 5) is 10.8. The molecule has 0 amide bonds. The van der Waals surface area contributed by atoms with Gasteiger partial charge in [-0.25, -0.2) is 0 Å². The minimum atomic E-state index is -0.249. The van der Waals surface area contributed by atoms with Crippen LogP contribution in [0.5, 0.6) is 0 Å². The molecule has 0 bridgehead atoms. The van der Waals surface area contributed by atoms with E-state index >= 15 is 0 Å². The second kappa shape index (κ2) is 3.70. The lowest BCUT2D eigenvalue weighted by Crippen LogP contribution is -2.34. The maximum Gasteiger partial charge on any atom is 0.303 e. The second-order valence-electron chi connectivity index (χ2n) is 4.13. The van der Waals surface area contributed by atoms with Crippen molar-refractivity contribution < 1.29 is 9.53 Å². The Balaban J connectivity index is 2.77. The molecule has 0 saturated carbocycles. The number of ether oxygens (including phenoxy) is 1.